The van der Waals surface area contributed by atoms with Gasteiger partial charge in [0.15, 0.2) is 0 Å². The highest BCUT2D eigenvalue weighted by Gasteiger charge is 2.31. The molecule has 8 nitrogen and oxygen atoms in total. The molecule has 1 unspecified atom stereocenters. The molecule has 1 saturated carbocycles. The number of carbonyl (C=O) groups is 1. The molecule has 3 N–H and O–H groups in total. The highest BCUT2D eigenvalue weighted by molar-refractivity contribution is 5.77. The number of hydrogen-bond acceptors (Lipinski definition) is 6. The Labute approximate surface area is 140 Å². The molecule has 2 aliphatic rings. The smallest absolute Gasteiger partial charge is 0.287 e. The first-order chi connectivity index (χ1) is 11.5. The number of aromatic nitrogens is 1. The molecule has 1 saturated heterocycles. The molecule has 1 aliphatic carbocycles. The first kappa shape index (κ1) is 16.6. The number of amides is 1. The molecule has 24 heavy (non-hydrogen) atoms. The SMILES string of the molecule is N[C@@H]1CCC[C@H]1CC(=O)N1CCC(Nc2ccc([N+](=O)[O-])cn2)C1. The lowest BCUT2D eigenvalue weighted by Gasteiger charge is -2.21. The Morgan fingerprint density at radius 3 is 2.88 bits per heavy atom. The van der Waals surface area contributed by atoms with Crippen molar-refractivity contribution in [3.63, 3.8) is 0 Å². The minimum atomic E-state index is -0.472. The van der Waals surface area contributed by atoms with Crippen molar-refractivity contribution in [2.75, 3.05) is 18.4 Å². The van der Waals surface area contributed by atoms with Crippen LogP contribution in [0, 0.1) is 16.0 Å². The van der Waals surface area contributed by atoms with Gasteiger partial charge in [-0.15, -0.1) is 0 Å². The van der Waals surface area contributed by atoms with Crippen LogP contribution < -0.4 is 11.1 Å². The molecular weight excluding hydrogens is 310 g/mol. The molecule has 1 amide bonds. The first-order valence-electron chi connectivity index (χ1n) is 8.43. The van der Waals surface area contributed by atoms with Crippen LogP contribution in [0.15, 0.2) is 18.3 Å². The Bertz CT molecular complexity index is 606. The lowest BCUT2D eigenvalue weighted by atomic mass is 9.99. The summed E-state index contributed by atoms with van der Waals surface area (Å²) in [6, 6.07) is 3.31. The standard InChI is InChI=1S/C16H23N5O3/c17-14-3-1-2-11(14)8-16(22)20-7-6-12(10-20)19-15-5-4-13(9-18-15)21(23)24/h4-5,9,11-12,14H,1-3,6-8,10,17H2,(H,18,19)/t11-,12?,14+/m0/s1. The van der Waals surface area contributed by atoms with Crippen molar-refractivity contribution in [1.29, 1.82) is 0 Å². The van der Waals surface area contributed by atoms with Crippen LogP contribution in [0.2, 0.25) is 0 Å². The number of rotatable bonds is 5. The Kier molecular flexibility index (Phi) is 4.94. The maximum absolute atomic E-state index is 12.4. The van der Waals surface area contributed by atoms with Crippen molar-refractivity contribution in [3.05, 3.63) is 28.4 Å². The summed E-state index contributed by atoms with van der Waals surface area (Å²) in [5.41, 5.74) is 6.02. The number of nitrogens with two attached hydrogens (primary N) is 1. The predicted octanol–water partition coefficient (Wildman–Crippen LogP) is 1.52. The highest BCUT2D eigenvalue weighted by atomic mass is 16.6. The van der Waals surface area contributed by atoms with Crippen molar-refractivity contribution in [2.24, 2.45) is 11.7 Å². The highest BCUT2D eigenvalue weighted by Crippen LogP contribution is 2.28. The second kappa shape index (κ2) is 7.12. The van der Waals surface area contributed by atoms with Gasteiger partial charge in [0.1, 0.15) is 12.0 Å². The van der Waals surface area contributed by atoms with Gasteiger partial charge in [0, 0.05) is 37.7 Å². The molecule has 130 valence electrons. The fourth-order valence-corrected chi connectivity index (χ4v) is 3.57. The zero-order chi connectivity index (χ0) is 17.1. The van der Waals surface area contributed by atoms with E-state index in [1.807, 2.05) is 4.90 Å². The third-order valence-corrected chi connectivity index (χ3v) is 5.01. The van der Waals surface area contributed by atoms with Crippen LogP contribution in [0.1, 0.15) is 32.1 Å². The van der Waals surface area contributed by atoms with Crippen LogP contribution in [0.4, 0.5) is 11.5 Å². The minimum Gasteiger partial charge on any atom is -0.365 e. The zero-order valence-electron chi connectivity index (χ0n) is 13.6. The Morgan fingerprint density at radius 1 is 1.42 bits per heavy atom. The molecule has 0 spiro atoms. The van der Waals surface area contributed by atoms with Crippen molar-refractivity contribution in [3.8, 4) is 0 Å². The van der Waals surface area contributed by atoms with E-state index < -0.39 is 4.92 Å². The molecule has 0 radical (unpaired) electrons. The summed E-state index contributed by atoms with van der Waals surface area (Å²) in [6.45, 7) is 1.37. The average molecular weight is 333 g/mol. The number of likely N-dealkylation sites (tertiary alicyclic amines) is 1. The quantitative estimate of drug-likeness (QED) is 0.623. The van der Waals surface area contributed by atoms with Crippen molar-refractivity contribution in [2.45, 2.75) is 44.2 Å². The molecule has 3 rings (SSSR count). The fraction of sp³-hybridized carbons (Fsp3) is 0.625. The van der Waals surface area contributed by atoms with E-state index in [9.17, 15) is 14.9 Å². The lowest BCUT2D eigenvalue weighted by molar-refractivity contribution is -0.385. The third-order valence-electron chi connectivity index (χ3n) is 5.01. The molecule has 1 aromatic heterocycles. The van der Waals surface area contributed by atoms with Gasteiger partial charge < -0.3 is 16.0 Å². The fourth-order valence-electron chi connectivity index (χ4n) is 3.57. The summed E-state index contributed by atoms with van der Waals surface area (Å²) in [5, 5.41) is 13.9. The lowest BCUT2D eigenvalue weighted by Crippen LogP contribution is -2.35. The van der Waals surface area contributed by atoms with Gasteiger partial charge in [-0.3, -0.25) is 14.9 Å². The van der Waals surface area contributed by atoms with Crippen LogP contribution in [0.25, 0.3) is 0 Å². The maximum atomic E-state index is 12.4. The van der Waals surface area contributed by atoms with E-state index in [0.29, 0.717) is 24.7 Å². The van der Waals surface area contributed by atoms with E-state index in [1.165, 1.54) is 12.3 Å². The molecular formula is C16H23N5O3. The van der Waals surface area contributed by atoms with Gasteiger partial charge in [-0.1, -0.05) is 6.42 Å². The van der Waals surface area contributed by atoms with Crippen LogP contribution in [-0.2, 0) is 4.79 Å². The number of hydrogen-bond donors (Lipinski definition) is 2. The average Bonchev–Trinajstić information content (AvgIpc) is 3.18. The number of carbonyl (C=O) groups excluding carboxylic acids is 1. The summed E-state index contributed by atoms with van der Waals surface area (Å²) in [4.78, 5) is 28.5. The maximum Gasteiger partial charge on any atom is 0.287 e. The number of nitro groups is 1. The molecule has 8 heteroatoms. The van der Waals surface area contributed by atoms with Gasteiger partial charge in [0.25, 0.3) is 5.69 Å². The molecule has 2 heterocycles. The van der Waals surface area contributed by atoms with Gasteiger partial charge in [0.05, 0.1) is 4.92 Å². The van der Waals surface area contributed by atoms with Gasteiger partial charge in [-0.25, -0.2) is 4.98 Å². The molecule has 0 bridgehead atoms. The van der Waals surface area contributed by atoms with Crippen molar-refractivity contribution >= 4 is 17.4 Å². The Hall–Kier alpha value is -2.22. The summed E-state index contributed by atoms with van der Waals surface area (Å²) >= 11 is 0. The van der Waals surface area contributed by atoms with E-state index in [0.717, 1.165) is 32.2 Å². The van der Waals surface area contributed by atoms with Gasteiger partial charge in [-0.05, 0) is 31.2 Å². The van der Waals surface area contributed by atoms with Gasteiger partial charge >= 0.3 is 0 Å². The third kappa shape index (κ3) is 3.81. The first-order valence-corrected chi connectivity index (χ1v) is 8.43. The van der Waals surface area contributed by atoms with Crippen LogP contribution >= 0.6 is 0 Å². The summed E-state index contributed by atoms with van der Waals surface area (Å²) < 4.78 is 0. The summed E-state index contributed by atoms with van der Waals surface area (Å²) in [6.07, 6.45) is 5.82. The zero-order valence-corrected chi connectivity index (χ0v) is 13.6. The van der Waals surface area contributed by atoms with Crippen LogP contribution in [0.5, 0.6) is 0 Å². The monoisotopic (exact) mass is 333 g/mol. The predicted molar refractivity (Wildman–Crippen MR) is 89.4 cm³/mol. The topological polar surface area (TPSA) is 114 Å². The molecule has 2 fully saturated rings. The minimum absolute atomic E-state index is 0.0309. The second-order valence-electron chi connectivity index (χ2n) is 6.69. The second-order valence-corrected chi connectivity index (χ2v) is 6.69. The van der Waals surface area contributed by atoms with E-state index in [4.69, 9.17) is 5.73 Å². The van der Waals surface area contributed by atoms with Crippen LogP contribution in [0.3, 0.4) is 0 Å². The van der Waals surface area contributed by atoms with Crippen LogP contribution in [-0.4, -0.2) is 45.9 Å². The van der Waals surface area contributed by atoms with E-state index in [-0.39, 0.29) is 23.7 Å². The Balaban J connectivity index is 1.49. The van der Waals surface area contributed by atoms with Gasteiger partial charge in [0.2, 0.25) is 5.91 Å². The number of anilines is 1. The molecule has 1 aliphatic heterocycles. The number of nitrogens with one attached hydrogen (secondary N) is 1. The normalized spacial score (nSPS) is 26.5. The van der Waals surface area contributed by atoms with Crippen molar-refractivity contribution in [1.82, 2.24) is 9.88 Å². The van der Waals surface area contributed by atoms with E-state index in [1.54, 1.807) is 6.07 Å². The van der Waals surface area contributed by atoms with Crippen molar-refractivity contribution < 1.29 is 9.72 Å². The Morgan fingerprint density at radius 2 is 2.25 bits per heavy atom. The number of nitrogens with zero attached hydrogens (tertiary/aromatic N) is 3. The largest absolute Gasteiger partial charge is 0.365 e. The molecule has 3 atom stereocenters. The molecule has 0 aromatic carbocycles. The van der Waals surface area contributed by atoms with E-state index in [2.05, 4.69) is 10.3 Å². The van der Waals surface area contributed by atoms with E-state index >= 15 is 0 Å². The molecule has 1 aromatic rings. The number of pyridine rings is 1. The van der Waals surface area contributed by atoms with Gasteiger partial charge in [-0.2, -0.15) is 0 Å². The summed E-state index contributed by atoms with van der Waals surface area (Å²) in [5.74, 6) is 1.09. The summed E-state index contributed by atoms with van der Waals surface area (Å²) in [7, 11) is 0.